The molecule has 0 bridgehead atoms. The van der Waals surface area contributed by atoms with E-state index in [1.807, 2.05) is 6.92 Å². The SMILES string of the molecule is Cc1[nH]ncc1CNc1ccc(C(=O)O)cc1. The topological polar surface area (TPSA) is 78.0 Å². The van der Waals surface area contributed by atoms with Crippen molar-refractivity contribution in [2.24, 2.45) is 0 Å². The Balaban J connectivity index is 2.00. The van der Waals surface area contributed by atoms with E-state index in [9.17, 15) is 4.79 Å². The Morgan fingerprint density at radius 1 is 1.41 bits per heavy atom. The average Bonchev–Trinajstić information content (AvgIpc) is 2.73. The molecule has 5 heteroatoms. The number of hydrogen-bond donors (Lipinski definition) is 3. The van der Waals surface area contributed by atoms with E-state index in [1.54, 1.807) is 30.5 Å². The van der Waals surface area contributed by atoms with Crippen LogP contribution in [0.5, 0.6) is 0 Å². The second-order valence-corrected chi connectivity index (χ2v) is 3.76. The number of hydrogen-bond acceptors (Lipinski definition) is 3. The van der Waals surface area contributed by atoms with Gasteiger partial charge in [0.15, 0.2) is 0 Å². The molecule has 17 heavy (non-hydrogen) atoms. The van der Waals surface area contributed by atoms with Crippen molar-refractivity contribution >= 4 is 11.7 Å². The summed E-state index contributed by atoms with van der Waals surface area (Å²) in [5.41, 5.74) is 3.29. The van der Waals surface area contributed by atoms with Gasteiger partial charge < -0.3 is 10.4 Å². The van der Waals surface area contributed by atoms with Gasteiger partial charge in [-0.25, -0.2) is 4.79 Å². The molecular weight excluding hydrogens is 218 g/mol. The maximum Gasteiger partial charge on any atom is 0.335 e. The van der Waals surface area contributed by atoms with Crippen LogP contribution in [-0.2, 0) is 6.54 Å². The van der Waals surface area contributed by atoms with Crippen molar-refractivity contribution < 1.29 is 9.90 Å². The second kappa shape index (κ2) is 4.69. The Bertz CT molecular complexity index is 517. The lowest BCUT2D eigenvalue weighted by Gasteiger charge is -2.05. The van der Waals surface area contributed by atoms with Gasteiger partial charge in [-0.05, 0) is 31.2 Å². The van der Waals surface area contributed by atoms with Gasteiger partial charge in [0.25, 0.3) is 0 Å². The molecule has 1 aromatic carbocycles. The summed E-state index contributed by atoms with van der Waals surface area (Å²) in [7, 11) is 0. The molecule has 3 N–H and O–H groups in total. The highest BCUT2D eigenvalue weighted by atomic mass is 16.4. The zero-order chi connectivity index (χ0) is 12.3. The molecular formula is C12H13N3O2. The first-order valence-electron chi connectivity index (χ1n) is 5.23. The highest BCUT2D eigenvalue weighted by Crippen LogP contribution is 2.12. The summed E-state index contributed by atoms with van der Waals surface area (Å²) in [5.74, 6) is -0.915. The lowest BCUT2D eigenvalue weighted by atomic mass is 10.2. The van der Waals surface area contributed by atoms with E-state index in [4.69, 9.17) is 5.11 Å². The summed E-state index contributed by atoms with van der Waals surface area (Å²) < 4.78 is 0. The number of carboxylic acids is 1. The number of aromatic amines is 1. The van der Waals surface area contributed by atoms with Crippen molar-refractivity contribution in [2.75, 3.05) is 5.32 Å². The summed E-state index contributed by atoms with van der Waals surface area (Å²) in [6, 6.07) is 6.65. The molecule has 0 aliphatic rings. The Hall–Kier alpha value is -2.30. The fourth-order valence-electron chi connectivity index (χ4n) is 1.48. The van der Waals surface area contributed by atoms with E-state index >= 15 is 0 Å². The van der Waals surface area contributed by atoms with E-state index in [0.717, 1.165) is 16.9 Å². The molecule has 0 unspecified atom stereocenters. The molecule has 0 aliphatic carbocycles. The second-order valence-electron chi connectivity index (χ2n) is 3.76. The van der Waals surface area contributed by atoms with Crippen molar-refractivity contribution in [3.63, 3.8) is 0 Å². The third kappa shape index (κ3) is 2.63. The highest BCUT2D eigenvalue weighted by molar-refractivity contribution is 5.87. The first kappa shape index (κ1) is 11.2. The highest BCUT2D eigenvalue weighted by Gasteiger charge is 2.02. The van der Waals surface area contributed by atoms with Gasteiger partial charge in [-0.2, -0.15) is 5.10 Å². The van der Waals surface area contributed by atoms with Crippen LogP contribution in [0.4, 0.5) is 5.69 Å². The minimum absolute atomic E-state index is 0.287. The number of aromatic nitrogens is 2. The summed E-state index contributed by atoms with van der Waals surface area (Å²) in [4.78, 5) is 10.7. The monoisotopic (exact) mass is 231 g/mol. The minimum atomic E-state index is -0.915. The van der Waals surface area contributed by atoms with Crippen molar-refractivity contribution in [1.82, 2.24) is 10.2 Å². The molecule has 2 aromatic rings. The van der Waals surface area contributed by atoms with Crippen LogP contribution < -0.4 is 5.32 Å². The van der Waals surface area contributed by atoms with Crippen molar-refractivity contribution in [1.29, 1.82) is 0 Å². The zero-order valence-corrected chi connectivity index (χ0v) is 9.40. The van der Waals surface area contributed by atoms with Crippen LogP contribution in [0.25, 0.3) is 0 Å². The molecule has 0 saturated carbocycles. The zero-order valence-electron chi connectivity index (χ0n) is 9.40. The largest absolute Gasteiger partial charge is 0.478 e. The van der Waals surface area contributed by atoms with E-state index in [2.05, 4.69) is 15.5 Å². The fourth-order valence-corrected chi connectivity index (χ4v) is 1.48. The molecule has 0 aliphatic heterocycles. The molecule has 0 radical (unpaired) electrons. The maximum absolute atomic E-state index is 10.7. The van der Waals surface area contributed by atoms with Crippen LogP contribution in [-0.4, -0.2) is 21.3 Å². The number of rotatable bonds is 4. The number of nitrogens with one attached hydrogen (secondary N) is 2. The molecule has 1 heterocycles. The molecule has 0 fully saturated rings. The average molecular weight is 231 g/mol. The lowest BCUT2D eigenvalue weighted by Crippen LogP contribution is -2.01. The number of anilines is 1. The molecule has 5 nitrogen and oxygen atoms in total. The summed E-state index contributed by atoms with van der Waals surface area (Å²) >= 11 is 0. The van der Waals surface area contributed by atoms with E-state index in [1.165, 1.54) is 0 Å². The van der Waals surface area contributed by atoms with Gasteiger partial charge in [-0.15, -0.1) is 0 Å². The molecule has 0 spiro atoms. The van der Waals surface area contributed by atoms with Crippen LogP contribution in [0.2, 0.25) is 0 Å². The van der Waals surface area contributed by atoms with Gasteiger partial charge in [-0.3, -0.25) is 5.10 Å². The van der Waals surface area contributed by atoms with Gasteiger partial charge in [0.2, 0.25) is 0 Å². The summed E-state index contributed by atoms with van der Waals surface area (Å²) in [5, 5.41) is 18.8. The van der Waals surface area contributed by atoms with E-state index < -0.39 is 5.97 Å². The number of benzene rings is 1. The fraction of sp³-hybridized carbons (Fsp3) is 0.167. The van der Waals surface area contributed by atoms with Crippen LogP contribution in [0.3, 0.4) is 0 Å². The maximum atomic E-state index is 10.7. The Labute approximate surface area is 98.5 Å². The minimum Gasteiger partial charge on any atom is -0.478 e. The van der Waals surface area contributed by atoms with Gasteiger partial charge in [0.1, 0.15) is 0 Å². The number of carbonyl (C=O) groups is 1. The molecule has 0 saturated heterocycles. The Morgan fingerprint density at radius 2 is 2.12 bits per heavy atom. The third-order valence-corrected chi connectivity index (χ3v) is 2.55. The molecule has 1 aromatic heterocycles. The number of H-pyrrole nitrogens is 1. The van der Waals surface area contributed by atoms with Gasteiger partial charge in [-0.1, -0.05) is 0 Å². The van der Waals surface area contributed by atoms with Crippen LogP contribution in [0.1, 0.15) is 21.6 Å². The summed E-state index contributed by atoms with van der Waals surface area (Å²) in [6.07, 6.45) is 1.77. The number of nitrogens with zero attached hydrogens (tertiary/aromatic N) is 1. The normalized spacial score (nSPS) is 10.2. The smallest absolute Gasteiger partial charge is 0.335 e. The van der Waals surface area contributed by atoms with Crippen molar-refractivity contribution in [3.8, 4) is 0 Å². The quantitative estimate of drug-likeness (QED) is 0.752. The molecule has 88 valence electrons. The van der Waals surface area contributed by atoms with Crippen molar-refractivity contribution in [2.45, 2.75) is 13.5 Å². The number of aromatic carboxylic acids is 1. The lowest BCUT2D eigenvalue weighted by molar-refractivity contribution is 0.0697. The molecule has 2 rings (SSSR count). The molecule has 0 amide bonds. The van der Waals surface area contributed by atoms with Crippen LogP contribution >= 0.6 is 0 Å². The first-order chi connectivity index (χ1) is 8.16. The van der Waals surface area contributed by atoms with Crippen molar-refractivity contribution in [3.05, 3.63) is 47.3 Å². The van der Waals surface area contributed by atoms with E-state index in [-0.39, 0.29) is 5.56 Å². The molecule has 0 atom stereocenters. The van der Waals surface area contributed by atoms with Crippen LogP contribution in [0, 0.1) is 6.92 Å². The number of aryl methyl sites for hydroxylation is 1. The van der Waals surface area contributed by atoms with E-state index in [0.29, 0.717) is 6.54 Å². The predicted molar refractivity (Wildman–Crippen MR) is 64.1 cm³/mol. The Kier molecular flexibility index (Phi) is 3.09. The van der Waals surface area contributed by atoms with Gasteiger partial charge in [0, 0.05) is 23.5 Å². The Morgan fingerprint density at radius 3 is 2.65 bits per heavy atom. The third-order valence-electron chi connectivity index (χ3n) is 2.55. The number of carboxylic acid groups (broad SMARTS) is 1. The summed E-state index contributed by atoms with van der Waals surface area (Å²) in [6.45, 7) is 2.62. The van der Waals surface area contributed by atoms with Crippen LogP contribution in [0.15, 0.2) is 30.5 Å². The predicted octanol–water partition coefficient (Wildman–Crippen LogP) is 2.03. The standard InChI is InChI=1S/C12H13N3O2/c1-8-10(7-14-15-8)6-13-11-4-2-9(3-5-11)12(16)17/h2-5,7,13H,6H2,1H3,(H,14,15)(H,16,17). The van der Waals surface area contributed by atoms with Gasteiger partial charge in [0.05, 0.1) is 11.8 Å². The first-order valence-corrected chi connectivity index (χ1v) is 5.23. The van der Waals surface area contributed by atoms with Gasteiger partial charge >= 0.3 is 5.97 Å².